The predicted molar refractivity (Wildman–Crippen MR) is 63.4 cm³/mol. The van der Waals surface area contributed by atoms with Crippen LogP contribution in [-0.2, 0) is 4.79 Å². The van der Waals surface area contributed by atoms with E-state index in [0.717, 1.165) is 0 Å². The van der Waals surface area contributed by atoms with Gasteiger partial charge in [0.15, 0.2) is 5.78 Å². The molecule has 0 aliphatic carbocycles. The molecule has 0 bridgehead atoms. The molecule has 0 saturated heterocycles. The molecule has 9 N–H and O–H groups in total. The summed E-state index contributed by atoms with van der Waals surface area (Å²) >= 11 is 0. The molecule has 0 aliphatic heterocycles. The molecule has 0 spiro atoms. The van der Waals surface area contributed by atoms with Crippen molar-refractivity contribution in [3.63, 3.8) is 0 Å². The standard InChI is InChI=1S/C5H12O5.C5H10O5/c2*6-1-3(8)5(10)4(9)2-7/h3-10H,1-2H2;3,5-8,10H,1-2H2/t3-,4+,5+;3-,5+/m.1/s1. The molecule has 10 nitrogen and oxygen atoms in total. The molecule has 0 amide bonds. The summed E-state index contributed by atoms with van der Waals surface area (Å²) in [5.74, 6) is -0.901. The first kappa shape index (κ1) is 21.6. The van der Waals surface area contributed by atoms with Gasteiger partial charge in [-0.3, -0.25) is 4.79 Å². The number of rotatable bonds is 8. The highest BCUT2D eigenvalue weighted by molar-refractivity contribution is 5.84. The normalized spacial score (nSPS) is 18.2. The minimum atomic E-state index is -1.69. The molecule has 0 radical (unpaired) electrons. The van der Waals surface area contributed by atoms with E-state index >= 15 is 0 Å². The van der Waals surface area contributed by atoms with Crippen molar-refractivity contribution in [2.24, 2.45) is 0 Å². The Kier molecular flexibility index (Phi) is 13.1. The average Bonchev–Trinajstić information content (AvgIpc) is 2.50. The summed E-state index contributed by atoms with van der Waals surface area (Å²) in [5.41, 5.74) is 0. The maximum absolute atomic E-state index is 10.3. The van der Waals surface area contributed by atoms with Crippen molar-refractivity contribution < 1.29 is 50.8 Å². The van der Waals surface area contributed by atoms with Crippen LogP contribution in [0.1, 0.15) is 0 Å². The molecule has 0 fully saturated rings. The molecule has 0 heterocycles. The molecule has 20 heavy (non-hydrogen) atoms. The zero-order chi connectivity index (χ0) is 16.3. The van der Waals surface area contributed by atoms with E-state index in [0.29, 0.717) is 0 Å². The van der Waals surface area contributed by atoms with Crippen LogP contribution in [-0.4, -0.2) is 109 Å². The maximum atomic E-state index is 10.3. The molecular formula is C10H22O10. The van der Waals surface area contributed by atoms with E-state index < -0.39 is 62.7 Å². The molecule has 0 rings (SSSR count). The molecule has 5 atom stereocenters. The lowest BCUT2D eigenvalue weighted by Crippen LogP contribution is -2.41. The number of hydrogen-bond acceptors (Lipinski definition) is 10. The first-order valence-corrected chi connectivity index (χ1v) is 5.63. The second-order valence-corrected chi connectivity index (χ2v) is 3.81. The van der Waals surface area contributed by atoms with Crippen molar-refractivity contribution in [1.29, 1.82) is 0 Å². The second-order valence-electron chi connectivity index (χ2n) is 3.81. The van der Waals surface area contributed by atoms with Gasteiger partial charge in [0.1, 0.15) is 37.1 Å². The topological polar surface area (TPSA) is 199 Å². The number of carbonyl (C=O) groups is 1. The largest absolute Gasteiger partial charge is 0.394 e. The third-order valence-electron chi connectivity index (χ3n) is 2.20. The molecule has 0 aromatic heterocycles. The van der Waals surface area contributed by atoms with Crippen molar-refractivity contribution >= 4 is 5.78 Å². The fourth-order valence-corrected chi connectivity index (χ4v) is 0.880. The Balaban J connectivity index is 0. The summed E-state index contributed by atoms with van der Waals surface area (Å²) < 4.78 is 0. The molecule has 122 valence electrons. The van der Waals surface area contributed by atoms with Gasteiger partial charge in [-0.1, -0.05) is 0 Å². The van der Waals surface area contributed by atoms with Crippen LogP contribution in [0.15, 0.2) is 0 Å². The molecule has 0 saturated carbocycles. The minimum absolute atomic E-state index is 0.641. The van der Waals surface area contributed by atoms with E-state index in [1.807, 2.05) is 0 Å². The van der Waals surface area contributed by atoms with Crippen LogP contribution in [0.3, 0.4) is 0 Å². The van der Waals surface area contributed by atoms with Crippen LogP contribution in [0.25, 0.3) is 0 Å². The Morgan fingerprint density at radius 1 is 0.700 bits per heavy atom. The quantitative estimate of drug-likeness (QED) is 0.208. The monoisotopic (exact) mass is 302 g/mol. The SMILES string of the molecule is O=C(CO)[C@@H](O)[C@H](O)CO.OC[C@@H](O)[C@H](O)[C@@H](O)CO. The number of Topliss-reactive ketones (excluding diaryl/α,β-unsaturated/α-hetero) is 1. The average molecular weight is 302 g/mol. The summed E-state index contributed by atoms with van der Waals surface area (Å²) in [7, 11) is 0. The molecule has 10 heteroatoms. The maximum Gasteiger partial charge on any atom is 0.189 e. The van der Waals surface area contributed by atoms with Gasteiger partial charge < -0.3 is 46.0 Å². The summed E-state index contributed by atoms with van der Waals surface area (Å²) in [4.78, 5) is 10.3. The number of carbonyl (C=O) groups excluding carboxylic acids is 1. The third-order valence-corrected chi connectivity index (χ3v) is 2.20. The predicted octanol–water partition coefficient (Wildman–Crippen LogP) is -5.68. The number of hydrogen-bond donors (Lipinski definition) is 9. The summed E-state index contributed by atoms with van der Waals surface area (Å²) in [6.07, 6.45) is -7.48. The smallest absolute Gasteiger partial charge is 0.189 e. The zero-order valence-corrected chi connectivity index (χ0v) is 10.6. The minimum Gasteiger partial charge on any atom is -0.394 e. The van der Waals surface area contributed by atoms with Gasteiger partial charge in [-0.05, 0) is 0 Å². The van der Waals surface area contributed by atoms with Gasteiger partial charge in [-0.25, -0.2) is 0 Å². The van der Waals surface area contributed by atoms with Crippen LogP contribution < -0.4 is 0 Å². The highest BCUT2D eigenvalue weighted by atomic mass is 16.4. The van der Waals surface area contributed by atoms with Crippen molar-refractivity contribution in [2.45, 2.75) is 30.5 Å². The molecule has 0 aromatic carbocycles. The Bertz CT molecular complexity index is 238. The van der Waals surface area contributed by atoms with Gasteiger partial charge in [-0.2, -0.15) is 0 Å². The van der Waals surface area contributed by atoms with Crippen molar-refractivity contribution in [2.75, 3.05) is 26.4 Å². The lowest BCUT2D eigenvalue weighted by Gasteiger charge is -2.19. The third kappa shape index (κ3) is 8.47. The fourth-order valence-electron chi connectivity index (χ4n) is 0.880. The van der Waals surface area contributed by atoms with Crippen molar-refractivity contribution in [3.8, 4) is 0 Å². The highest BCUT2D eigenvalue weighted by Crippen LogP contribution is 1.98. The Labute approximate surface area is 114 Å². The molecule has 0 aromatic rings. The van der Waals surface area contributed by atoms with Gasteiger partial charge in [0.05, 0.1) is 19.8 Å². The molecular weight excluding hydrogens is 280 g/mol. The Morgan fingerprint density at radius 2 is 1.05 bits per heavy atom. The summed E-state index contributed by atoms with van der Waals surface area (Å²) in [5, 5.41) is 76.2. The van der Waals surface area contributed by atoms with Gasteiger partial charge >= 0.3 is 0 Å². The lowest BCUT2D eigenvalue weighted by molar-refractivity contribution is -0.137. The van der Waals surface area contributed by atoms with Crippen LogP contribution >= 0.6 is 0 Å². The number of aliphatic hydroxyl groups is 9. The highest BCUT2D eigenvalue weighted by Gasteiger charge is 2.23. The van der Waals surface area contributed by atoms with E-state index in [1.54, 1.807) is 0 Å². The Morgan fingerprint density at radius 3 is 1.30 bits per heavy atom. The van der Waals surface area contributed by atoms with Gasteiger partial charge in [0.2, 0.25) is 0 Å². The van der Waals surface area contributed by atoms with E-state index in [1.165, 1.54) is 0 Å². The molecule has 0 unspecified atom stereocenters. The van der Waals surface area contributed by atoms with Crippen LogP contribution in [0.4, 0.5) is 0 Å². The second kappa shape index (κ2) is 12.1. The number of ketones is 1. The van der Waals surface area contributed by atoms with E-state index in [-0.39, 0.29) is 0 Å². The summed E-state index contributed by atoms with van der Waals surface area (Å²) in [6, 6.07) is 0. The van der Waals surface area contributed by atoms with Gasteiger partial charge in [0, 0.05) is 0 Å². The Hall–Kier alpha value is -0.690. The fraction of sp³-hybridized carbons (Fsp3) is 0.900. The van der Waals surface area contributed by atoms with E-state index in [4.69, 9.17) is 46.0 Å². The zero-order valence-electron chi connectivity index (χ0n) is 10.6. The van der Waals surface area contributed by atoms with Crippen molar-refractivity contribution in [1.82, 2.24) is 0 Å². The van der Waals surface area contributed by atoms with Crippen LogP contribution in [0.5, 0.6) is 0 Å². The summed E-state index contributed by atoms with van der Waals surface area (Å²) in [6.45, 7) is -2.82. The van der Waals surface area contributed by atoms with Gasteiger partial charge in [0.25, 0.3) is 0 Å². The van der Waals surface area contributed by atoms with E-state index in [2.05, 4.69) is 0 Å². The first-order valence-electron chi connectivity index (χ1n) is 5.63. The first-order chi connectivity index (χ1) is 9.26. The van der Waals surface area contributed by atoms with Gasteiger partial charge in [-0.15, -0.1) is 0 Å². The number of aliphatic hydroxyl groups excluding tert-OH is 9. The van der Waals surface area contributed by atoms with E-state index in [9.17, 15) is 4.79 Å². The van der Waals surface area contributed by atoms with Crippen molar-refractivity contribution in [3.05, 3.63) is 0 Å². The van der Waals surface area contributed by atoms with Crippen LogP contribution in [0, 0.1) is 0 Å². The molecule has 0 aliphatic rings. The van der Waals surface area contributed by atoms with Crippen LogP contribution in [0.2, 0.25) is 0 Å². The lowest BCUT2D eigenvalue weighted by atomic mass is 10.1.